The number of aryl methyl sites for hydroxylation is 1. The first-order chi connectivity index (χ1) is 7.05. The summed E-state index contributed by atoms with van der Waals surface area (Å²) in [5.74, 6) is 0.871. The summed E-state index contributed by atoms with van der Waals surface area (Å²) in [6, 6.07) is 5.00. The molecule has 0 spiro atoms. The van der Waals surface area contributed by atoms with Crippen LogP contribution in [0.15, 0.2) is 23.1 Å². The molecule has 0 amide bonds. The summed E-state index contributed by atoms with van der Waals surface area (Å²) >= 11 is 0. The van der Waals surface area contributed by atoms with Gasteiger partial charge in [-0.25, -0.2) is 8.42 Å². The zero-order valence-corrected chi connectivity index (χ0v) is 10.1. The predicted octanol–water partition coefficient (Wildman–Crippen LogP) is 2.05. The lowest BCUT2D eigenvalue weighted by molar-refractivity contribution is 0.409. The van der Waals surface area contributed by atoms with Crippen LogP contribution in [0.4, 0.5) is 0 Å². The standard InChI is InChI=1S/C11H16O3S/c1-4-9-8-10(15(12,13)5-2)6-7-11(9)14-3/h6-8H,4-5H2,1-3H3. The van der Waals surface area contributed by atoms with Gasteiger partial charge in [0.05, 0.1) is 17.8 Å². The molecule has 0 bridgehead atoms. The van der Waals surface area contributed by atoms with Gasteiger partial charge in [-0.05, 0) is 30.2 Å². The molecule has 0 aliphatic heterocycles. The van der Waals surface area contributed by atoms with Gasteiger partial charge in [0.1, 0.15) is 5.75 Å². The molecule has 0 fully saturated rings. The van der Waals surface area contributed by atoms with Gasteiger partial charge in [0.15, 0.2) is 9.84 Å². The van der Waals surface area contributed by atoms with Crippen LogP contribution in [0.1, 0.15) is 19.4 Å². The molecule has 1 aromatic rings. The maximum atomic E-state index is 11.6. The minimum absolute atomic E-state index is 0.127. The van der Waals surface area contributed by atoms with Crippen LogP contribution < -0.4 is 4.74 Å². The van der Waals surface area contributed by atoms with Gasteiger partial charge in [-0.2, -0.15) is 0 Å². The van der Waals surface area contributed by atoms with Gasteiger partial charge >= 0.3 is 0 Å². The molecular weight excluding hydrogens is 212 g/mol. The third-order valence-electron chi connectivity index (χ3n) is 2.37. The lowest BCUT2D eigenvalue weighted by Gasteiger charge is -2.08. The molecule has 0 N–H and O–H groups in total. The highest BCUT2D eigenvalue weighted by atomic mass is 32.2. The molecule has 0 unspecified atom stereocenters. The van der Waals surface area contributed by atoms with E-state index in [4.69, 9.17) is 4.74 Å². The summed E-state index contributed by atoms with van der Waals surface area (Å²) in [5.41, 5.74) is 0.923. The molecule has 15 heavy (non-hydrogen) atoms. The van der Waals surface area contributed by atoms with Crippen molar-refractivity contribution in [1.82, 2.24) is 0 Å². The molecule has 0 atom stereocenters. The Balaban J connectivity index is 3.26. The summed E-state index contributed by atoms with van der Waals surface area (Å²) in [6.45, 7) is 3.62. The fourth-order valence-corrected chi connectivity index (χ4v) is 2.32. The Morgan fingerprint density at radius 1 is 1.27 bits per heavy atom. The fourth-order valence-electron chi connectivity index (χ4n) is 1.39. The number of benzene rings is 1. The molecule has 1 rings (SSSR count). The molecule has 1 aromatic carbocycles. The van der Waals surface area contributed by atoms with Gasteiger partial charge in [0.2, 0.25) is 0 Å². The number of methoxy groups -OCH3 is 1. The van der Waals surface area contributed by atoms with E-state index < -0.39 is 9.84 Å². The first kappa shape index (κ1) is 12.0. The Morgan fingerprint density at radius 2 is 1.93 bits per heavy atom. The predicted molar refractivity (Wildman–Crippen MR) is 60.1 cm³/mol. The monoisotopic (exact) mass is 228 g/mol. The van der Waals surface area contributed by atoms with E-state index in [1.807, 2.05) is 6.92 Å². The minimum atomic E-state index is -3.11. The number of hydrogen-bond donors (Lipinski definition) is 0. The van der Waals surface area contributed by atoms with Gasteiger partial charge in [-0.3, -0.25) is 0 Å². The first-order valence-electron chi connectivity index (χ1n) is 4.94. The molecule has 84 valence electrons. The Kier molecular flexibility index (Phi) is 3.74. The van der Waals surface area contributed by atoms with Crippen molar-refractivity contribution in [2.75, 3.05) is 12.9 Å². The van der Waals surface area contributed by atoms with E-state index in [2.05, 4.69) is 0 Å². The van der Waals surface area contributed by atoms with E-state index in [9.17, 15) is 8.42 Å². The molecule has 0 aliphatic carbocycles. The maximum Gasteiger partial charge on any atom is 0.178 e. The van der Waals surface area contributed by atoms with E-state index in [0.29, 0.717) is 4.90 Å². The second kappa shape index (κ2) is 4.66. The van der Waals surface area contributed by atoms with E-state index in [0.717, 1.165) is 17.7 Å². The third kappa shape index (κ3) is 2.50. The van der Waals surface area contributed by atoms with Gasteiger partial charge in [-0.15, -0.1) is 0 Å². The van der Waals surface area contributed by atoms with Crippen LogP contribution >= 0.6 is 0 Å². The Labute approximate surface area is 91.0 Å². The smallest absolute Gasteiger partial charge is 0.178 e. The van der Waals surface area contributed by atoms with Crippen molar-refractivity contribution in [3.63, 3.8) is 0 Å². The average molecular weight is 228 g/mol. The highest BCUT2D eigenvalue weighted by Crippen LogP contribution is 2.23. The lowest BCUT2D eigenvalue weighted by Crippen LogP contribution is -2.04. The van der Waals surface area contributed by atoms with E-state index in [-0.39, 0.29) is 5.75 Å². The lowest BCUT2D eigenvalue weighted by atomic mass is 10.1. The summed E-state index contributed by atoms with van der Waals surface area (Å²) in [5, 5.41) is 0. The molecule has 0 saturated carbocycles. The highest BCUT2D eigenvalue weighted by Gasteiger charge is 2.13. The van der Waals surface area contributed by atoms with Crippen molar-refractivity contribution in [2.24, 2.45) is 0 Å². The molecule has 0 radical (unpaired) electrons. The average Bonchev–Trinajstić information content (AvgIpc) is 2.28. The molecule has 0 aromatic heterocycles. The molecule has 0 heterocycles. The second-order valence-corrected chi connectivity index (χ2v) is 5.51. The number of hydrogen-bond acceptors (Lipinski definition) is 3. The summed E-state index contributed by atoms with van der Waals surface area (Å²) < 4.78 is 28.4. The largest absolute Gasteiger partial charge is 0.496 e. The van der Waals surface area contributed by atoms with Gasteiger partial charge in [-0.1, -0.05) is 13.8 Å². The quantitative estimate of drug-likeness (QED) is 0.792. The zero-order valence-electron chi connectivity index (χ0n) is 9.28. The molecule has 3 nitrogen and oxygen atoms in total. The topological polar surface area (TPSA) is 43.4 Å². The normalized spacial score (nSPS) is 11.4. The van der Waals surface area contributed by atoms with Crippen LogP contribution in [0.3, 0.4) is 0 Å². The van der Waals surface area contributed by atoms with Crippen molar-refractivity contribution in [2.45, 2.75) is 25.2 Å². The van der Waals surface area contributed by atoms with Crippen LogP contribution in [0.2, 0.25) is 0 Å². The maximum absolute atomic E-state index is 11.6. The SMILES string of the molecule is CCc1cc(S(=O)(=O)CC)ccc1OC. The van der Waals surface area contributed by atoms with Crippen LogP contribution in [-0.4, -0.2) is 21.3 Å². The summed E-state index contributed by atoms with van der Waals surface area (Å²) in [6.07, 6.45) is 0.760. The van der Waals surface area contributed by atoms with Crippen LogP contribution in [-0.2, 0) is 16.3 Å². The zero-order chi connectivity index (χ0) is 11.5. The fraction of sp³-hybridized carbons (Fsp3) is 0.455. The van der Waals surface area contributed by atoms with Crippen molar-refractivity contribution in [1.29, 1.82) is 0 Å². The van der Waals surface area contributed by atoms with Crippen molar-refractivity contribution >= 4 is 9.84 Å². The summed E-state index contributed by atoms with van der Waals surface area (Å²) in [4.78, 5) is 0.377. The van der Waals surface area contributed by atoms with Gasteiger partial charge in [0.25, 0.3) is 0 Å². The number of sulfone groups is 1. The molecule has 0 saturated heterocycles. The van der Waals surface area contributed by atoms with E-state index in [1.165, 1.54) is 0 Å². The first-order valence-corrected chi connectivity index (χ1v) is 6.60. The highest BCUT2D eigenvalue weighted by molar-refractivity contribution is 7.91. The minimum Gasteiger partial charge on any atom is -0.496 e. The van der Waals surface area contributed by atoms with Crippen LogP contribution in [0, 0.1) is 0 Å². The number of rotatable bonds is 4. The summed E-state index contributed by atoms with van der Waals surface area (Å²) in [7, 11) is -1.53. The van der Waals surface area contributed by atoms with Gasteiger partial charge in [0, 0.05) is 0 Å². The second-order valence-electron chi connectivity index (χ2n) is 3.23. The van der Waals surface area contributed by atoms with Crippen molar-refractivity contribution in [3.8, 4) is 5.75 Å². The van der Waals surface area contributed by atoms with Crippen LogP contribution in [0.5, 0.6) is 5.75 Å². The van der Waals surface area contributed by atoms with Gasteiger partial charge < -0.3 is 4.74 Å². The molecular formula is C11H16O3S. The van der Waals surface area contributed by atoms with E-state index >= 15 is 0 Å². The third-order valence-corrected chi connectivity index (χ3v) is 4.10. The Morgan fingerprint density at radius 3 is 2.40 bits per heavy atom. The van der Waals surface area contributed by atoms with E-state index in [1.54, 1.807) is 32.2 Å². The molecule has 0 aliphatic rings. The number of ether oxygens (including phenoxy) is 1. The Hall–Kier alpha value is -1.03. The van der Waals surface area contributed by atoms with Crippen molar-refractivity contribution < 1.29 is 13.2 Å². The van der Waals surface area contributed by atoms with Crippen LogP contribution in [0.25, 0.3) is 0 Å². The Bertz CT molecular complexity index is 435. The van der Waals surface area contributed by atoms with Crippen molar-refractivity contribution in [3.05, 3.63) is 23.8 Å². The molecule has 4 heteroatoms.